The molecule has 0 aliphatic heterocycles. The van der Waals surface area contributed by atoms with Gasteiger partial charge in [0.1, 0.15) is 0 Å². The van der Waals surface area contributed by atoms with Crippen LogP contribution in [-0.4, -0.2) is 34.9 Å². The molecule has 0 aromatic heterocycles. The van der Waals surface area contributed by atoms with Crippen molar-refractivity contribution in [3.63, 3.8) is 0 Å². The molecule has 4 nitrogen and oxygen atoms in total. The van der Waals surface area contributed by atoms with Crippen molar-refractivity contribution < 1.29 is 15.0 Å². The molecule has 0 spiro atoms. The Labute approximate surface area is 289 Å². The van der Waals surface area contributed by atoms with Crippen molar-refractivity contribution in [2.75, 3.05) is 6.61 Å². The van der Waals surface area contributed by atoms with E-state index < -0.39 is 12.1 Å². The fourth-order valence-corrected chi connectivity index (χ4v) is 6.83. The van der Waals surface area contributed by atoms with Gasteiger partial charge in [-0.25, -0.2) is 0 Å². The number of nitrogens with one attached hydrogen (secondary N) is 1. The third kappa shape index (κ3) is 34.7. The van der Waals surface area contributed by atoms with E-state index in [0.29, 0.717) is 12.8 Å². The normalized spacial score (nSPS) is 12.9. The summed E-state index contributed by atoms with van der Waals surface area (Å²) in [6, 6.07) is -0.528. The maximum Gasteiger partial charge on any atom is 0.220 e. The van der Waals surface area contributed by atoms with Crippen molar-refractivity contribution in [3.8, 4) is 0 Å². The summed E-state index contributed by atoms with van der Waals surface area (Å²) in [5, 5.41) is 23.1. The van der Waals surface area contributed by atoms with Crippen LogP contribution in [0.1, 0.15) is 245 Å². The highest BCUT2D eigenvalue weighted by atomic mass is 16.3. The van der Waals surface area contributed by atoms with Crippen LogP contribution in [0.25, 0.3) is 0 Å². The van der Waals surface area contributed by atoms with Gasteiger partial charge in [-0.2, -0.15) is 0 Å². The van der Waals surface area contributed by atoms with Crippen LogP contribution in [0.15, 0.2) is 0 Å². The zero-order chi connectivity index (χ0) is 33.6. The molecule has 0 radical (unpaired) electrons. The first-order chi connectivity index (χ1) is 22.7. The van der Waals surface area contributed by atoms with Crippen molar-refractivity contribution in [1.29, 1.82) is 0 Å². The van der Waals surface area contributed by atoms with Crippen molar-refractivity contribution in [2.45, 2.75) is 257 Å². The summed E-state index contributed by atoms with van der Waals surface area (Å²) in [4.78, 5) is 12.3. The largest absolute Gasteiger partial charge is 0.394 e. The lowest BCUT2D eigenvalue weighted by Crippen LogP contribution is -2.45. The molecule has 2 atom stereocenters. The van der Waals surface area contributed by atoms with E-state index in [1.165, 1.54) is 193 Å². The Bertz CT molecular complexity index is 583. The maximum absolute atomic E-state index is 12.3. The Morgan fingerprint density at radius 1 is 0.435 bits per heavy atom. The van der Waals surface area contributed by atoms with Gasteiger partial charge in [-0.3, -0.25) is 4.79 Å². The monoisotopic (exact) mass is 652 g/mol. The molecule has 46 heavy (non-hydrogen) atoms. The number of rotatable bonds is 39. The van der Waals surface area contributed by atoms with E-state index in [4.69, 9.17) is 0 Å². The number of aliphatic hydroxyl groups is 2. The van der Waals surface area contributed by atoms with Gasteiger partial charge in [-0.05, 0) is 12.8 Å². The first-order valence-corrected chi connectivity index (χ1v) is 21.2. The van der Waals surface area contributed by atoms with Gasteiger partial charge < -0.3 is 15.5 Å². The second-order valence-electron chi connectivity index (χ2n) is 14.8. The topological polar surface area (TPSA) is 69.6 Å². The minimum absolute atomic E-state index is 0.0303. The first-order valence-electron chi connectivity index (χ1n) is 21.2. The molecule has 0 saturated carbocycles. The Morgan fingerprint density at radius 3 is 0.978 bits per heavy atom. The molecule has 3 N–H and O–H groups in total. The zero-order valence-corrected chi connectivity index (χ0v) is 31.6. The number of unbranched alkanes of at least 4 members (excludes halogenated alkanes) is 32. The highest BCUT2D eigenvalue weighted by Crippen LogP contribution is 2.17. The maximum atomic E-state index is 12.3. The molecule has 1 amide bonds. The standard InChI is InChI=1S/C42H85NO3/c1-3-5-7-9-11-13-15-16-17-18-19-20-21-22-23-24-25-26-27-28-29-31-33-35-37-41(45)40(39-44)43-42(46)38-36-34-32-30-14-12-10-8-6-4-2/h40-41,44-45H,3-39H2,1-2H3,(H,43,46). The average molecular weight is 652 g/mol. The lowest BCUT2D eigenvalue weighted by molar-refractivity contribution is -0.123. The van der Waals surface area contributed by atoms with Crippen LogP contribution in [0.2, 0.25) is 0 Å². The summed E-state index contributed by atoms with van der Waals surface area (Å²) >= 11 is 0. The van der Waals surface area contributed by atoms with E-state index in [1.54, 1.807) is 0 Å². The van der Waals surface area contributed by atoms with Crippen LogP contribution in [0.5, 0.6) is 0 Å². The molecule has 0 fully saturated rings. The van der Waals surface area contributed by atoms with E-state index in [9.17, 15) is 15.0 Å². The lowest BCUT2D eigenvalue weighted by Gasteiger charge is -2.22. The Balaban J connectivity index is 3.41. The molecular weight excluding hydrogens is 566 g/mol. The Morgan fingerprint density at radius 2 is 0.696 bits per heavy atom. The van der Waals surface area contributed by atoms with Crippen LogP contribution in [0, 0.1) is 0 Å². The van der Waals surface area contributed by atoms with Crippen molar-refractivity contribution in [2.24, 2.45) is 0 Å². The molecule has 0 aliphatic carbocycles. The van der Waals surface area contributed by atoms with Gasteiger partial charge in [-0.15, -0.1) is 0 Å². The van der Waals surface area contributed by atoms with Gasteiger partial charge in [0.15, 0.2) is 0 Å². The Hall–Kier alpha value is -0.610. The summed E-state index contributed by atoms with van der Waals surface area (Å²) in [6.45, 7) is 4.36. The third-order valence-corrected chi connectivity index (χ3v) is 10.1. The molecule has 4 heteroatoms. The van der Waals surface area contributed by atoms with Gasteiger partial charge in [0.2, 0.25) is 5.91 Å². The van der Waals surface area contributed by atoms with E-state index in [0.717, 1.165) is 25.7 Å². The number of amides is 1. The van der Waals surface area contributed by atoms with Gasteiger partial charge in [0.25, 0.3) is 0 Å². The SMILES string of the molecule is CCCCCCCCCCCCCCCCCCCCCCCCCCC(O)C(CO)NC(=O)CCCCCCCCCCCC. The number of hydrogen-bond donors (Lipinski definition) is 3. The highest BCUT2D eigenvalue weighted by Gasteiger charge is 2.20. The molecule has 0 rings (SSSR count). The smallest absolute Gasteiger partial charge is 0.220 e. The zero-order valence-electron chi connectivity index (χ0n) is 31.6. The summed E-state index contributed by atoms with van der Waals surface area (Å²) < 4.78 is 0. The molecule has 0 aliphatic rings. The van der Waals surface area contributed by atoms with Gasteiger partial charge in [-0.1, -0.05) is 226 Å². The quantitative estimate of drug-likeness (QED) is 0.0579. The number of carbonyl (C=O) groups is 1. The van der Waals surface area contributed by atoms with E-state index in [-0.39, 0.29) is 12.5 Å². The number of carbonyl (C=O) groups excluding carboxylic acids is 1. The van der Waals surface area contributed by atoms with E-state index >= 15 is 0 Å². The second-order valence-corrected chi connectivity index (χ2v) is 14.8. The molecule has 0 saturated heterocycles. The molecule has 2 unspecified atom stereocenters. The molecule has 0 bridgehead atoms. The predicted molar refractivity (Wildman–Crippen MR) is 203 cm³/mol. The predicted octanol–water partition coefficient (Wildman–Crippen LogP) is 12.9. The lowest BCUT2D eigenvalue weighted by atomic mass is 10.0. The minimum Gasteiger partial charge on any atom is -0.394 e. The highest BCUT2D eigenvalue weighted by molar-refractivity contribution is 5.76. The summed E-state index contributed by atoms with van der Waals surface area (Å²) in [5.41, 5.74) is 0. The van der Waals surface area contributed by atoms with Gasteiger partial charge in [0, 0.05) is 6.42 Å². The second kappa shape index (κ2) is 38.8. The number of aliphatic hydroxyl groups excluding tert-OH is 2. The third-order valence-electron chi connectivity index (χ3n) is 10.1. The van der Waals surface area contributed by atoms with Gasteiger partial charge >= 0.3 is 0 Å². The van der Waals surface area contributed by atoms with Crippen LogP contribution in [0.3, 0.4) is 0 Å². The van der Waals surface area contributed by atoms with Crippen LogP contribution in [-0.2, 0) is 4.79 Å². The minimum atomic E-state index is -0.652. The summed E-state index contributed by atoms with van der Waals surface area (Å²) in [5.74, 6) is -0.0303. The first kappa shape index (κ1) is 45.4. The number of hydrogen-bond acceptors (Lipinski definition) is 3. The van der Waals surface area contributed by atoms with Crippen LogP contribution >= 0.6 is 0 Å². The molecular formula is C42H85NO3. The van der Waals surface area contributed by atoms with Crippen molar-refractivity contribution >= 4 is 5.91 Å². The van der Waals surface area contributed by atoms with Crippen LogP contribution in [0.4, 0.5) is 0 Å². The molecule has 0 heterocycles. The van der Waals surface area contributed by atoms with Crippen LogP contribution < -0.4 is 5.32 Å². The fraction of sp³-hybridized carbons (Fsp3) is 0.976. The Kier molecular flexibility index (Phi) is 38.3. The van der Waals surface area contributed by atoms with E-state index in [1.807, 2.05) is 0 Å². The molecule has 276 valence electrons. The van der Waals surface area contributed by atoms with E-state index in [2.05, 4.69) is 19.2 Å². The summed E-state index contributed by atoms with van der Waals surface area (Å²) in [7, 11) is 0. The summed E-state index contributed by atoms with van der Waals surface area (Å²) in [6.07, 6.45) is 46.1. The molecule has 0 aromatic carbocycles. The molecule has 0 aromatic rings. The average Bonchev–Trinajstić information content (AvgIpc) is 3.06. The van der Waals surface area contributed by atoms with Gasteiger partial charge in [0.05, 0.1) is 18.8 Å². The van der Waals surface area contributed by atoms with Crippen molar-refractivity contribution in [3.05, 3.63) is 0 Å². The van der Waals surface area contributed by atoms with Crippen molar-refractivity contribution in [1.82, 2.24) is 5.32 Å². The fourth-order valence-electron chi connectivity index (χ4n) is 6.83.